The highest BCUT2D eigenvalue weighted by molar-refractivity contribution is 6.00. The molecule has 0 bridgehead atoms. The van der Waals surface area contributed by atoms with E-state index >= 15 is 0 Å². The minimum Gasteiger partial charge on any atom is -0.342 e. The molecule has 0 saturated carbocycles. The van der Waals surface area contributed by atoms with Crippen molar-refractivity contribution in [2.75, 3.05) is 11.4 Å². The number of rotatable bonds is 6. The van der Waals surface area contributed by atoms with Crippen LogP contribution in [0.5, 0.6) is 0 Å². The first-order chi connectivity index (χ1) is 15.7. The molecule has 2 amide bonds. The van der Waals surface area contributed by atoms with Crippen molar-refractivity contribution in [2.45, 2.75) is 12.5 Å². The largest absolute Gasteiger partial charge is 0.342 e. The van der Waals surface area contributed by atoms with Crippen molar-refractivity contribution in [3.63, 3.8) is 0 Å². The molecule has 2 aromatic carbocycles. The summed E-state index contributed by atoms with van der Waals surface area (Å²) >= 11 is 0. The Morgan fingerprint density at radius 3 is 2.73 bits per heavy atom. The van der Waals surface area contributed by atoms with Crippen LogP contribution >= 0.6 is 0 Å². The van der Waals surface area contributed by atoms with Crippen LogP contribution in [0.1, 0.15) is 23.9 Å². The third-order valence-corrected chi connectivity index (χ3v) is 5.52. The maximum Gasteiger partial charge on any atom is 0.306 e. The van der Waals surface area contributed by atoms with Gasteiger partial charge < -0.3 is 14.8 Å². The Morgan fingerprint density at radius 2 is 2.06 bits per heavy atom. The molecule has 11 heteroatoms. The van der Waals surface area contributed by atoms with Gasteiger partial charge in [-0.2, -0.15) is 4.39 Å². The van der Waals surface area contributed by atoms with E-state index in [9.17, 15) is 28.5 Å². The van der Waals surface area contributed by atoms with Gasteiger partial charge in [-0.25, -0.2) is 9.37 Å². The average Bonchev–Trinajstić information content (AvgIpc) is 3.37. The molecule has 1 aromatic heterocycles. The van der Waals surface area contributed by atoms with Gasteiger partial charge in [-0.05, 0) is 29.8 Å². The van der Waals surface area contributed by atoms with Crippen molar-refractivity contribution in [3.05, 3.63) is 88.0 Å². The number of nitrogens with zero attached hydrogens (tertiary/aromatic N) is 4. The summed E-state index contributed by atoms with van der Waals surface area (Å²) in [6.45, 7) is -0.0378. The molecule has 4 rings (SSSR count). The smallest absolute Gasteiger partial charge is 0.306 e. The second-order valence-electron chi connectivity index (χ2n) is 7.69. The minimum absolute atomic E-state index is 0.0378. The molecule has 1 saturated heterocycles. The van der Waals surface area contributed by atoms with Gasteiger partial charge in [-0.3, -0.25) is 19.7 Å². The molecule has 170 valence electrons. The van der Waals surface area contributed by atoms with Gasteiger partial charge in [0.1, 0.15) is 17.7 Å². The molecule has 1 fully saturated rings. The molecule has 2 unspecified atom stereocenters. The van der Waals surface area contributed by atoms with Crippen molar-refractivity contribution in [1.82, 2.24) is 14.9 Å². The van der Waals surface area contributed by atoms with Gasteiger partial charge in [0.2, 0.25) is 17.6 Å². The molecular weight excluding hydrogens is 436 g/mol. The highest BCUT2D eigenvalue weighted by Crippen LogP contribution is 2.30. The van der Waals surface area contributed by atoms with Crippen LogP contribution in [0.4, 0.5) is 20.2 Å². The molecule has 0 radical (unpaired) electrons. The normalized spacial score (nSPS) is 16.6. The van der Waals surface area contributed by atoms with Crippen molar-refractivity contribution in [2.24, 2.45) is 13.0 Å². The van der Waals surface area contributed by atoms with Gasteiger partial charge in [0, 0.05) is 38.5 Å². The number of aryl methyl sites for hydroxylation is 1. The first kappa shape index (κ1) is 22.1. The third kappa shape index (κ3) is 4.43. The van der Waals surface area contributed by atoms with E-state index in [1.165, 1.54) is 29.2 Å². The Bertz CT molecular complexity index is 1250. The summed E-state index contributed by atoms with van der Waals surface area (Å²) in [7, 11) is 1.74. The van der Waals surface area contributed by atoms with E-state index in [2.05, 4.69) is 10.3 Å². The lowest BCUT2D eigenvalue weighted by Gasteiger charge is -2.21. The Hall–Kier alpha value is -4.15. The Kier molecular flexibility index (Phi) is 5.86. The number of carbonyl (C=O) groups excluding carboxylic acids is 2. The number of imidazole rings is 1. The number of nitro groups is 1. The molecule has 1 aliphatic rings. The molecule has 2 atom stereocenters. The minimum atomic E-state index is -1.02. The average molecular weight is 455 g/mol. The van der Waals surface area contributed by atoms with Crippen LogP contribution < -0.4 is 10.2 Å². The van der Waals surface area contributed by atoms with Gasteiger partial charge in [0.05, 0.1) is 16.5 Å². The van der Waals surface area contributed by atoms with Crippen LogP contribution in [0.25, 0.3) is 0 Å². The summed E-state index contributed by atoms with van der Waals surface area (Å²) in [6.07, 6.45) is 3.11. The Balaban J connectivity index is 1.56. The van der Waals surface area contributed by atoms with Gasteiger partial charge in [0.15, 0.2) is 0 Å². The molecule has 1 aliphatic heterocycles. The molecule has 9 nitrogen and oxygen atoms in total. The predicted octanol–water partition coefficient (Wildman–Crippen LogP) is 2.87. The molecular formula is C22H19F2N5O4. The highest BCUT2D eigenvalue weighted by Gasteiger charge is 2.37. The third-order valence-electron chi connectivity index (χ3n) is 5.52. The van der Waals surface area contributed by atoms with Crippen LogP contribution in [0, 0.1) is 27.7 Å². The molecule has 33 heavy (non-hydrogen) atoms. The SMILES string of the molecule is Cn1ccnc1C(NC(=O)C1CC(=O)N(c2ccc(F)c([N+](=O)[O-])c2)C1)c1cccc(F)c1. The van der Waals surface area contributed by atoms with E-state index in [-0.39, 0.29) is 18.7 Å². The standard InChI is InChI=1S/C22H19F2N5O4/c1-27-8-7-25-21(27)20(13-3-2-4-15(23)9-13)26-22(31)14-10-19(30)28(12-14)16-5-6-17(24)18(11-16)29(32)33/h2-9,11,14,20H,10,12H2,1H3,(H,26,31). The Morgan fingerprint density at radius 1 is 1.27 bits per heavy atom. The van der Waals surface area contributed by atoms with E-state index in [0.717, 1.165) is 12.1 Å². The molecule has 1 N–H and O–H groups in total. The number of halogens is 2. The van der Waals surface area contributed by atoms with E-state index in [0.29, 0.717) is 11.4 Å². The summed E-state index contributed by atoms with van der Waals surface area (Å²) in [4.78, 5) is 41.3. The topological polar surface area (TPSA) is 110 Å². The lowest BCUT2D eigenvalue weighted by atomic mass is 10.0. The van der Waals surface area contributed by atoms with Gasteiger partial charge in [-0.1, -0.05) is 12.1 Å². The zero-order valence-corrected chi connectivity index (χ0v) is 17.4. The summed E-state index contributed by atoms with van der Waals surface area (Å²) < 4.78 is 29.2. The molecule has 0 aliphatic carbocycles. The highest BCUT2D eigenvalue weighted by atomic mass is 19.1. The van der Waals surface area contributed by atoms with Crippen LogP contribution in [-0.4, -0.2) is 32.8 Å². The quantitative estimate of drug-likeness (QED) is 0.454. The number of anilines is 1. The molecule has 2 heterocycles. The maximum absolute atomic E-state index is 13.9. The lowest BCUT2D eigenvalue weighted by Crippen LogP contribution is -2.37. The van der Waals surface area contributed by atoms with Crippen LogP contribution in [-0.2, 0) is 16.6 Å². The molecule has 0 spiro atoms. The van der Waals surface area contributed by atoms with E-state index in [1.807, 2.05) is 0 Å². The van der Waals surface area contributed by atoms with Crippen molar-refractivity contribution < 1.29 is 23.3 Å². The summed E-state index contributed by atoms with van der Waals surface area (Å²) in [5, 5.41) is 13.9. The molecule has 3 aromatic rings. The van der Waals surface area contributed by atoms with Crippen molar-refractivity contribution in [3.8, 4) is 0 Å². The zero-order valence-electron chi connectivity index (χ0n) is 17.4. The van der Waals surface area contributed by atoms with E-state index < -0.39 is 46.0 Å². The first-order valence-corrected chi connectivity index (χ1v) is 10.0. The monoisotopic (exact) mass is 455 g/mol. The van der Waals surface area contributed by atoms with Crippen molar-refractivity contribution >= 4 is 23.2 Å². The van der Waals surface area contributed by atoms with E-state index in [1.54, 1.807) is 30.1 Å². The number of hydrogen-bond donors (Lipinski definition) is 1. The second kappa shape index (κ2) is 8.77. The predicted molar refractivity (Wildman–Crippen MR) is 113 cm³/mol. The number of nitrogens with one attached hydrogen (secondary N) is 1. The van der Waals surface area contributed by atoms with Crippen molar-refractivity contribution in [1.29, 1.82) is 0 Å². The fraction of sp³-hybridized carbons (Fsp3) is 0.227. The zero-order chi connectivity index (χ0) is 23.7. The fourth-order valence-corrected chi connectivity index (χ4v) is 3.84. The summed E-state index contributed by atoms with van der Waals surface area (Å²) in [5.41, 5.74) is -0.142. The van der Waals surface area contributed by atoms with Gasteiger partial charge in [-0.15, -0.1) is 0 Å². The number of nitro benzene ring substituents is 1. The number of hydrogen-bond acceptors (Lipinski definition) is 5. The number of aromatic nitrogens is 2. The lowest BCUT2D eigenvalue weighted by molar-refractivity contribution is -0.387. The Labute approximate surface area is 186 Å². The van der Waals surface area contributed by atoms with Crippen LogP contribution in [0.3, 0.4) is 0 Å². The van der Waals surface area contributed by atoms with Gasteiger partial charge in [0.25, 0.3) is 0 Å². The van der Waals surface area contributed by atoms with Gasteiger partial charge >= 0.3 is 5.69 Å². The number of carbonyl (C=O) groups is 2. The first-order valence-electron chi connectivity index (χ1n) is 10.0. The van der Waals surface area contributed by atoms with Crippen LogP contribution in [0.15, 0.2) is 54.9 Å². The number of benzene rings is 2. The number of amides is 2. The summed E-state index contributed by atoms with van der Waals surface area (Å²) in [6, 6.07) is 8.14. The fourth-order valence-electron chi connectivity index (χ4n) is 3.84. The van der Waals surface area contributed by atoms with Crippen LogP contribution in [0.2, 0.25) is 0 Å². The summed E-state index contributed by atoms with van der Waals surface area (Å²) in [5.74, 6) is -2.66. The second-order valence-corrected chi connectivity index (χ2v) is 7.69. The van der Waals surface area contributed by atoms with E-state index in [4.69, 9.17) is 0 Å². The maximum atomic E-state index is 13.9.